The van der Waals surface area contributed by atoms with Gasteiger partial charge in [0.25, 0.3) is 0 Å². The Morgan fingerprint density at radius 2 is 1.80 bits per heavy atom. The Morgan fingerprint density at radius 3 is 2.13 bits per heavy atom. The number of tetrazole rings is 1. The molecule has 0 aliphatic rings. The Hall–Kier alpha value is -1.47. The molecular formula is C7H9F3N4O. The average Bonchev–Trinajstić information content (AvgIpc) is 2.47. The van der Waals surface area contributed by atoms with Gasteiger partial charge in [-0.2, -0.15) is 18.0 Å². The molecule has 8 heteroatoms. The van der Waals surface area contributed by atoms with E-state index in [2.05, 4.69) is 15.4 Å². The molecule has 0 aliphatic carbocycles. The number of nitrogens with zero attached hydrogens (tertiary/aromatic N) is 4. The zero-order valence-electron chi connectivity index (χ0n) is 8.33. The van der Waals surface area contributed by atoms with E-state index in [0.29, 0.717) is 0 Å². The first kappa shape index (κ1) is 11.6. The molecule has 15 heavy (non-hydrogen) atoms. The summed E-state index contributed by atoms with van der Waals surface area (Å²) in [4.78, 5) is 11.7. The van der Waals surface area contributed by atoms with Crippen LogP contribution in [-0.4, -0.2) is 32.2 Å². The van der Waals surface area contributed by atoms with Crippen molar-refractivity contribution in [3.05, 3.63) is 5.82 Å². The number of halogens is 3. The molecule has 0 spiro atoms. The summed E-state index contributed by atoms with van der Waals surface area (Å²) < 4.78 is 35.9. The van der Waals surface area contributed by atoms with Crippen molar-refractivity contribution in [1.29, 1.82) is 0 Å². The third kappa shape index (κ3) is 2.51. The summed E-state index contributed by atoms with van der Waals surface area (Å²) in [5.41, 5.74) is -0.614. The van der Waals surface area contributed by atoms with Crippen LogP contribution in [-0.2, 0) is 5.54 Å². The summed E-state index contributed by atoms with van der Waals surface area (Å²) in [6.45, 7) is 5.03. The maximum atomic E-state index is 12.0. The third-order valence-electron chi connectivity index (χ3n) is 1.47. The molecule has 0 unspecified atom stereocenters. The van der Waals surface area contributed by atoms with E-state index >= 15 is 0 Å². The van der Waals surface area contributed by atoms with E-state index in [9.17, 15) is 18.0 Å². The van der Waals surface area contributed by atoms with E-state index in [1.807, 2.05) is 0 Å². The van der Waals surface area contributed by atoms with Gasteiger partial charge in [-0.3, -0.25) is 4.79 Å². The SMILES string of the molecule is CC(C)(C)n1nnc(C(=O)C(F)(F)F)n1. The number of hydrogen-bond acceptors (Lipinski definition) is 4. The van der Waals surface area contributed by atoms with Gasteiger partial charge >= 0.3 is 12.0 Å². The summed E-state index contributed by atoms with van der Waals surface area (Å²) in [6, 6.07) is 0. The zero-order chi connectivity index (χ0) is 11.9. The molecule has 0 bridgehead atoms. The molecule has 0 radical (unpaired) electrons. The Kier molecular flexibility index (Phi) is 2.54. The van der Waals surface area contributed by atoms with Crippen molar-refractivity contribution in [3.63, 3.8) is 0 Å². The topological polar surface area (TPSA) is 60.7 Å². The number of carbonyl (C=O) groups excluding carboxylic acids is 1. The van der Waals surface area contributed by atoms with Crippen LogP contribution in [0.25, 0.3) is 0 Å². The van der Waals surface area contributed by atoms with Crippen molar-refractivity contribution in [2.24, 2.45) is 0 Å². The van der Waals surface area contributed by atoms with Gasteiger partial charge in [0.15, 0.2) is 0 Å². The summed E-state index contributed by atoms with van der Waals surface area (Å²) >= 11 is 0. The molecule has 0 saturated heterocycles. The molecule has 0 saturated carbocycles. The number of aromatic nitrogens is 4. The van der Waals surface area contributed by atoms with Crippen LogP contribution in [0.1, 0.15) is 31.4 Å². The van der Waals surface area contributed by atoms with Gasteiger partial charge in [0.2, 0.25) is 5.82 Å². The number of rotatable bonds is 1. The van der Waals surface area contributed by atoms with Crippen LogP contribution in [0.15, 0.2) is 0 Å². The molecule has 1 aromatic rings. The number of ketones is 1. The zero-order valence-corrected chi connectivity index (χ0v) is 8.33. The fourth-order valence-corrected chi connectivity index (χ4v) is 0.716. The summed E-state index contributed by atoms with van der Waals surface area (Å²) in [5, 5.41) is 9.81. The monoisotopic (exact) mass is 222 g/mol. The first-order valence-corrected chi connectivity index (χ1v) is 4.04. The molecule has 0 atom stereocenters. The number of carbonyl (C=O) groups is 1. The van der Waals surface area contributed by atoms with E-state index in [4.69, 9.17) is 0 Å². The molecular weight excluding hydrogens is 213 g/mol. The van der Waals surface area contributed by atoms with Gasteiger partial charge in [0.05, 0.1) is 5.54 Å². The third-order valence-corrected chi connectivity index (χ3v) is 1.47. The van der Waals surface area contributed by atoms with Crippen molar-refractivity contribution in [3.8, 4) is 0 Å². The van der Waals surface area contributed by atoms with Gasteiger partial charge in [0, 0.05) is 0 Å². The van der Waals surface area contributed by atoms with Crippen LogP contribution in [0.2, 0.25) is 0 Å². The molecule has 1 rings (SSSR count). The fourth-order valence-electron chi connectivity index (χ4n) is 0.716. The van der Waals surface area contributed by atoms with Crippen LogP contribution >= 0.6 is 0 Å². The van der Waals surface area contributed by atoms with Crippen LogP contribution in [0.3, 0.4) is 0 Å². The quantitative estimate of drug-likeness (QED) is 0.669. The number of hydrogen-bond donors (Lipinski definition) is 0. The number of alkyl halides is 3. The lowest BCUT2D eigenvalue weighted by atomic mass is 10.1. The van der Waals surface area contributed by atoms with Gasteiger partial charge in [-0.15, -0.1) is 10.2 Å². The average molecular weight is 222 g/mol. The van der Waals surface area contributed by atoms with Crippen molar-refractivity contribution in [2.45, 2.75) is 32.5 Å². The molecule has 0 aromatic carbocycles. The molecule has 1 heterocycles. The summed E-state index contributed by atoms with van der Waals surface area (Å²) in [7, 11) is 0. The highest BCUT2D eigenvalue weighted by Crippen LogP contribution is 2.19. The molecule has 5 nitrogen and oxygen atoms in total. The molecule has 84 valence electrons. The van der Waals surface area contributed by atoms with Gasteiger partial charge in [-0.05, 0) is 26.0 Å². The van der Waals surface area contributed by atoms with Gasteiger partial charge < -0.3 is 0 Å². The second-order valence-electron chi connectivity index (χ2n) is 3.90. The summed E-state index contributed by atoms with van der Waals surface area (Å²) in [6.07, 6.45) is -4.97. The molecule has 0 amide bonds. The smallest absolute Gasteiger partial charge is 0.280 e. The highest BCUT2D eigenvalue weighted by molar-refractivity contribution is 5.96. The van der Waals surface area contributed by atoms with Crippen molar-refractivity contribution < 1.29 is 18.0 Å². The fraction of sp³-hybridized carbons (Fsp3) is 0.714. The Labute approximate surface area is 83.3 Å². The van der Waals surface area contributed by atoms with E-state index in [0.717, 1.165) is 4.80 Å². The van der Waals surface area contributed by atoms with Gasteiger partial charge in [-0.25, -0.2) is 0 Å². The van der Waals surface area contributed by atoms with Crippen molar-refractivity contribution >= 4 is 5.78 Å². The van der Waals surface area contributed by atoms with Crippen molar-refractivity contribution in [1.82, 2.24) is 20.2 Å². The second-order valence-corrected chi connectivity index (χ2v) is 3.90. The molecule has 1 aromatic heterocycles. The van der Waals surface area contributed by atoms with Crippen molar-refractivity contribution in [2.75, 3.05) is 0 Å². The molecule has 0 N–H and O–H groups in total. The number of Topliss-reactive ketones (excluding diaryl/α,β-unsaturated/α-hetero) is 1. The normalized spacial score (nSPS) is 12.9. The minimum absolute atomic E-state index is 0.614. The van der Waals surface area contributed by atoms with E-state index in [1.54, 1.807) is 20.8 Å². The highest BCUT2D eigenvalue weighted by atomic mass is 19.4. The highest BCUT2D eigenvalue weighted by Gasteiger charge is 2.42. The first-order valence-electron chi connectivity index (χ1n) is 4.04. The second kappa shape index (κ2) is 3.28. The standard InChI is InChI=1S/C7H9F3N4O/c1-6(2,3)14-12-5(11-13-14)4(15)7(8,9)10/h1-3H3. The Morgan fingerprint density at radius 1 is 1.27 bits per heavy atom. The molecule has 0 fully saturated rings. The summed E-state index contributed by atoms with van der Waals surface area (Å²) in [5.74, 6) is -3.02. The first-order chi connectivity index (χ1) is 6.62. The predicted octanol–water partition coefficient (Wildman–Crippen LogP) is 1.17. The van der Waals surface area contributed by atoms with Crippen LogP contribution in [0.4, 0.5) is 13.2 Å². The lowest BCUT2D eigenvalue weighted by Crippen LogP contribution is -2.27. The Balaban J connectivity index is 3.01. The van der Waals surface area contributed by atoms with Crippen LogP contribution < -0.4 is 0 Å². The minimum atomic E-state index is -4.97. The lowest BCUT2D eigenvalue weighted by Gasteiger charge is -2.15. The maximum absolute atomic E-state index is 12.0. The van der Waals surface area contributed by atoms with E-state index in [1.165, 1.54) is 0 Å². The lowest BCUT2D eigenvalue weighted by molar-refractivity contribution is -0.0892. The Bertz CT molecular complexity index is 376. The predicted molar refractivity (Wildman–Crippen MR) is 43.2 cm³/mol. The van der Waals surface area contributed by atoms with E-state index < -0.39 is 23.3 Å². The maximum Gasteiger partial charge on any atom is 0.458 e. The molecule has 0 aliphatic heterocycles. The van der Waals surface area contributed by atoms with Gasteiger partial charge in [-0.1, -0.05) is 0 Å². The van der Waals surface area contributed by atoms with E-state index in [-0.39, 0.29) is 0 Å². The largest absolute Gasteiger partial charge is 0.458 e. The van der Waals surface area contributed by atoms with Crippen LogP contribution in [0.5, 0.6) is 0 Å². The van der Waals surface area contributed by atoms with Crippen LogP contribution in [0, 0.1) is 0 Å². The minimum Gasteiger partial charge on any atom is -0.280 e. The van der Waals surface area contributed by atoms with Gasteiger partial charge in [0.1, 0.15) is 0 Å².